The van der Waals surface area contributed by atoms with Crippen molar-refractivity contribution in [2.24, 2.45) is 0 Å². The third kappa shape index (κ3) is 0.929. The second kappa shape index (κ2) is 2.66. The van der Waals surface area contributed by atoms with Gasteiger partial charge in [0.1, 0.15) is 0 Å². The van der Waals surface area contributed by atoms with Crippen molar-refractivity contribution in [3.63, 3.8) is 0 Å². The summed E-state index contributed by atoms with van der Waals surface area (Å²) in [5.74, 6) is -0.0649. The van der Waals surface area contributed by atoms with Gasteiger partial charge < -0.3 is 0 Å². The first-order chi connectivity index (χ1) is 8.31. The van der Waals surface area contributed by atoms with Crippen LogP contribution in [0.3, 0.4) is 0 Å². The Morgan fingerprint density at radius 1 is 1.18 bits per heavy atom. The first kappa shape index (κ1) is 8.76. The Labute approximate surface area is 97.8 Å². The number of hydrogen-bond donors (Lipinski definition) is 0. The molecule has 1 aromatic heterocycles. The minimum absolute atomic E-state index is 0.0649. The molecule has 0 saturated heterocycles. The van der Waals surface area contributed by atoms with E-state index in [2.05, 4.69) is 24.8 Å². The average Bonchev–Trinajstić information content (AvgIpc) is 2.91. The van der Waals surface area contributed by atoms with Crippen LogP contribution in [0.15, 0.2) is 49.1 Å². The van der Waals surface area contributed by atoms with E-state index >= 15 is 0 Å². The summed E-state index contributed by atoms with van der Waals surface area (Å²) in [5, 5.41) is 2.31. The molecule has 0 N–H and O–H groups in total. The van der Waals surface area contributed by atoms with Crippen LogP contribution in [0, 0.1) is 0 Å². The highest BCUT2D eigenvalue weighted by atomic mass is 16.1. The summed E-state index contributed by atoms with van der Waals surface area (Å²) >= 11 is 0. The lowest BCUT2D eigenvalue weighted by Gasteiger charge is -2.00. The molecular weight excluding hydrogens is 210 g/mol. The smallest absolute Gasteiger partial charge is 0.254 e. The second-order valence-electron chi connectivity index (χ2n) is 4.31. The number of fused-ring (bicyclic) bond motifs is 5. The number of aromatic nitrogens is 1. The summed E-state index contributed by atoms with van der Waals surface area (Å²) in [6, 6.07) is 12.3. The molecule has 2 heteroatoms. The number of carbonyl (C=O) groups is 1. The molecule has 17 heavy (non-hydrogen) atoms. The van der Waals surface area contributed by atoms with E-state index in [9.17, 15) is 4.79 Å². The van der Waals surface area contributed by atoms with E-state index in [1.54, 1.807) is 4.57 Å². The van der Waals surface area contributed by atoms with Crippen LogP contribution in [0.5, 0.6) is 0 Å². The molecule has 0 unspecified atom stereocenters. The van der Waals surface area contributed by atoms with Gasteiger partial charge in [-0.05, 0) is 29.8 Å². The molecule has 2 nitrogen and oxygen atoms in total. The first-order valence-corrected chi connectivity index (χ1v) is 5.55. The number of benzene rings is 2. The molecule has 0 fully saturated rings. The van der Waals surface area contributed by atoms with Crippen molar-refractivity contribution in [3.8, 4) is 11.1 Å². The van der Waals surface area contributed by atoms with Gasteiger partial charge in [0, 0.05) is 16.3 Å². The summed E-state index contributed by atoms with van der Waals surface area (Å²) in [6.07, 6.45) is 1.37. The van der Waals surface area contributed by atoms with Gasteiger partial charge in [0.15, 0.2) is 0 Å². The van der Waals surface area contributed by atoms with Crippen molar-refractivity contribution in [2.75, 3.05) is 0 Å². The van der Waals surface area contributed by atoms with Crippen LogP contribution in [0.25, 0.3) is 32.9 Å². The van der Waals surface area contributed by atoms with Gasteiger partial charge in [-0.2, -0.15) is 0 Å². The summed E-state index contributed by atoms with van der Waals surface area (Å²) in [4.78, 5) is 12.0. The standard InChI is InChI=1S/C15H9NO/c1-2-14(17)16-13-6-4-3-5-10(13)12-8-9-7-11(9)15(12)16/h2-8H,1H2. The zero-order valence-electron chi connectivity index (χ0n) is 9.10. The molecule has 0 amide bonds. The van der Waals surface area contributed by atoms with Crippen molar-refractivity contribution < 1.29 is 4.79 Å². The Bertz CT molecular complexity index is 824. The summed E-state index contributed by atoms with van der Waals surface area (Å²) in [7, 11) is 0. The van der Waals surface area contributed by atoms with Crippen LogP contribution in [0.1, 0.15) is 4.79 Å². The minimum Gasteiger partial charge on any atom is -0.276 e. The number of carbonyl (C=O) groups excluding carboxylic acids is 1. The van der Waals surface area contributed by atoms with Crippen molar-refractivity contribution in [1.29, 1.82) is 0 Å². The molecule has 0 bridgehead atoms. The zero-order valence-corrected chi connectivity index (χ0v) is 9.10. The van der Waals surface area contributed by atoms with Crippen LogP contribution >= 0.6 is 0 Å². The average molecular weight is 219 g/mol. The van der Waals surface area contributed by atoms with E-state index in [4.69, 9.17) is 0 Å². The van der Waals surface area contributed by atoms with Gasteiger partial charge >= 0.3 is 0 Å². The van der Waals surface area contributed by atoms with Gasteiger partial charge in [-0.25, -0.2) is 0 Å². The van der Waals surface area contributed by atoms with Crippen LogP contribution in [0.2, 0.25) is 0 Å². The van der Waals surface area contributed by atoms with E-state index in [0.29, 0.717) is 0 Å². The number of nitrogens with zero attached hydrogens (tertiary/aromatic N) is 1. The Hall–Kier alpha value is -2.35. The van der Waals surface area contributed by atoms with Gasteiger partial charge in [0.2, 0.25) is 0 Å². The molecule has 2 aliphatic carbocycles. The molecule has 0 saturated carbocycles. The van der Waals surface area contributed by atoms with E-state index in [-0.39, 0.29) is 5.91 Å². The first-order valence-electron chi connectivity index (χ1n) is 5.55. The molecule has 0 spiro atoms. The van der Waals surface area contributed by atoms with Crippen LogP contribution in [-0.2, 0) is 0 Å². The minimum atomic E-state index is -0.0649. The predicted octanol–water partition coefficient (Wildman–Crippen LogP) is 3.60. The predicted molar refractivity (Wildman–Crippen MR) is 69.3 cm³/mol. The number of para-hydroxylation sites is 1. The van der Waals surface area contributed by atoms with Crippen LogP contribution in [0.4, 0.5) is 0 Å². The fourth-order valence-corrected chi connectivity index (χ4v) is 2.60. The Kier molecular flexibility index (Phi) is 1.37. The van der Waals surface area contributed by atoms with Gasteiger partial charge in [-0.15, -0.1) is 0 Å². The third-order valence-corrected chi connectivity index (χ3v) is 3.39. The fourth-order valence-electron chi connectivity index (χ4n) is 2.60. The van der Waals surface area contributed by atoms with Gasteiger partial charge in [0.05, 0.1) is 11.0 Å². The molecule has 1 aromatic carbocycles. The number of rotatable bonds is 1. The van der Waals surface area contributed by atoms with E-state index in [1.807, 2.05) is 18.2 Å². The highest BCUT2D eigenvalue weighted by Crippen LogP contribution is 2.46. The molecule has 0 radical (unpaired) electrons. The number of allylic oxidation sites excluding steroid dienone is 1. The lowest BCUT2D eigenvalue weighted by atomic mass is 10.2. The highest BCUT2D eigenvalue weighted by Gasteiger charge is 2.25. The summed E-state index contributed by atoms with van der Waals surface area (Å²) in [5.41, 5.74) is 4.45. The molecule has 1 heterocycles. The quantitative estimate of drug-likeness (QED) is 0.448. The molecule has 2 aliphatic rings. The lowest BCUT2D eigenvalue weighted by Crippen LogP contribution is -2.05. The Morgan fingerprint density at radius 2 is 2.00 bits per heavy atom. The van der Waals surface area contributed by atoms with Crippen LogP contribution < -0.4 is 0 Å². The van der Waals surface area contributed by atoms with Crippen LogP contribution in [-0.4, -0.2) is 10.5 Å². The number of hydrogen-bond acceptors (Lipinski definition) is 1. The van der Waals surface area contributed by atoms with Gasteiger partial charge in [-0.3, -0.25) is 9.36 Å². The fraction of sp³-hybridized carbons (Fsp3) is 0. The monoisotopic (exact) mass is 219 g/mol. The third-order valence-electron chi connectivity index (χ3n) is 3.39. The van der Waals surface area contributed by atoms with Crippen molar-refractivity contribution in [1.82, 2.24) is 4.57 Å². The van der Waals surface area contributed by atoms with Gasteiger partial charge in [-0.1, -0.05) is 24.8 Å². The summed E-state index contributed by atoms with van der Waals surface area (Å²) in [6.45, 7) is 3.58. The molecule has 0 aliphatic heterocycles. The van der Waals surface area contributed by atoms with Crippen molar-refractivity contribution in [2.45, 2.75) is 0 Å². The summed E-state index contributed by atoms with van der Waals surface area (Å²) < 4.78 is 1.76. The maximum Gasteiger partial charge on any atom is 0.254 e. The van der Waals surface area contributed by atoms with E-state index < -0.39 is 0 Å². The normalized spacial score (nSPS) is 12.0. The molecular formula is C15H9NO. The molecule has 0 atom stereocenters. The molecule has 80 valence electrons. The zero-order chi connectivity index (χ0) is 11.6. The molecule has 4 rings (SSSR count). The van der Waals surface area contributed by atoms with E-state index in [0.717, 1.165) is 16.4 Å². The topological polar surface area (TPSA) is 22.0 Å². The SMILES string of the molecule is C=CC(=O)n1c2ccccc2c2cc3cc-3c21. The van der Waals surface area contributed by atoms with Gasteiger partial charge in [0.25, 0.3) is 5.91 Å². The largest absolute Gasteiger partial charge is 0.276 e. The Balaban J connectivity index is 2.30. The maximum absolute atomic E-state index is 12.0. The van der Waals surface area contributed by atoms with Crippen molar-refractivity contribution >= 4 is 27.7 Å². The highest BCUT2D eigenvalue weighted by molar-refractivity contribution is 6.23. The Morgan fingerprint density at radius 3 is 2.82 bits per heavy atom. The van der Waals surface area contributed by atoms with Crippen molar-refractivity contribution in [3.05, 3.63) is 49.1 Å². The maximum atomic E-state index is 12.0. The van der Waals surface area contributed by atoms with E-state index in [1.165, 1.54) is 22.6 Å². The lowest BCUT2D eigenvalue weighted by molar-refractivity contribution is 0.0979. The molecule has 2 aromatic rings. The second-order valence-corrected chi connectivity index (χ2v) is 4.31.